The third-order valence-corrected chi connectivity index (χ3v) is 3.76. The van der Waals surface area contributed by atoms with Crippen LogP contribution >= 0.6 is 11.6 Å². The molecule has 0 spiro atoms. The van der Waals surface area contributed by atoms with Crippen LogP contribution in [0.25, 0.3) is 0 Å². The highest BCUT2D eigenvalue weighted by Gasteiger charge is 2.28. The fourth-order valence-electron chi connectivity index (χ4n) is 2.32. The molecule has 15 heavy (non-hydrogen) atoms. The number of rotatable bonds is 1. The van der Waals surface area contributed by atoms with Crippen molar-refractivity contribution in [3.05, 3.63) is 16.4 Å². The van der Waals surface area contributed by atoms with Crippen molar-refractivity contribution in [1.82, 2.24) is 9.97 Å². The fraction of sp³-hybridized carbons (Fsp3) is 0.636. The fourth-order valence-corrected chi connectivity index (χ4v) is 2.60. The molecular formula is C11H14ClN3. The van der Waals surface area contributed by atoms with Crippen molar-refractivity contribution >= 4 is 17.5 Å². The summed E-state index contributed by atoms with van der Waals surface area (Å²) in [5.41, 5.74) is 2.35. The van der Waals surface area contributed by atoms with Crippen molar-refractivity contribution in [3.63, 3.8) is 0 Å². The average Bonchev–Trinajstić information content (AvgIpc) is 2.64. The van der Waals surface area contributed by atoms with Crippen LogP contribution in [-0.2, 0) is 12.8 Å². The van der Waals surface area contributed by atoms with Crippen LogP contribution in [-0.4, -0.2) is 22.6 Å². The lowest BCUT2D eigenvalue weighted by Gasteiger charge is -2.38. The number of anilines is 1. The number of fused-ring (bicyclic) bond motifs is 1. The predicted molar refractivity (Wildman–Crippen MR) is 60.5 cm³/mol. The molecule has 1 aliphatic heterocycles. The van der Waals surface area contributed by atoms with Gasteiger partial charge in [0.2, 0.25) is 5.95 Å². The van der Waals surface area contributed by atoms with Gasteiger partial charge in [0.05, 0.1) is 5.69 Å². The van der Waals surface area contributed by atoms with Gasteiger partial charge in [-0.2, -0.15) is 0 Å². The Morgan fingerprint density at radius 1 is 1.33 bits per heavy atom. The first kappa shape index (κ1) is 9.40. The maximum atomic E-state index is 6.17. The molecule has 3 nitrogen and oxygen atoms in total. The summed E-state index contributed by atoms with van der Waals surface area (Å²) in [6, 6.07) is 0.570. The van der Waals surface area contributed by atoms with Gasteiger partial charge in [-0.3, -0.25) is 0 Å². The Morgan fingerprint density at radius 3 is 2.87 bits per heavy atom. The van der Waals surface area contributed by atoms with Gasteiger partial charge in [0, 0.05) is 18.2 Å². The number of aromatic nitrogens is 2. The molecule has 0 bridgehead atoms. The Morgan fingerprint density at radius 2 is 2.20 bits per heavy atom. The molecule has 0 N–H and O–H groups in total. The van der Waals surface area contributed by atoms with Gasteiger partial charge in [-0.05, 0) is 32.6 Å². The average molecular weight is 224 g/mol. The third-order valence-electron chi connectivity index (χ3n) is 3.45. The zero-order valence-corrected chi connectivity index (χ0v) is 9.59. The maximum absolute atomic E-state index is 6.17. The van der Waals surface area contributed by atoms with Gasteiger partial charge < -0.3 is 4.90 Å². The number of aryl methyl sites for hydroxylation is 1. The Balaban J connectivity index is 2.00. The lowest BCUT2D eigenvalue weighted by Crippen LogP contribution is -2.46. The maximum Gasteiger partial charge on any atom is 0.227 e. The van der Waals surface area contributed by atoms with E-state index in [9.17, 15) is 0 Å². The van der Waals surface area contributed by atoms with Crippen molar-refractivity contribution in [1.29, 1.82) is 0 Å². The first-order valence-electron chi connectivity index (χ1n) is 5.57. The van der Waals surface area contributed by atoms with Gasteiger partial charge in [0.25, 0.3) is 0 Å². The van der Waals surface area contributed by atoms with Crippen molar-refractivity contribution in [2.45, 2.75) is 38.6 Å². The minimum Gasteiger partial charge on any atom is -0.338 e. The van der Waals surface area contributed by atoms with Crippen LogP contribution in [0.2, 0.25) is 5.15 Å². The zero-order valence-electron chi connectivity index (χ0n) is 8.83. The Kier molecular flexibility index (Phi) is 2.09. The van der Waals surface area contributed by atoms with E-state index in [1.54, 1.807) is 0 Å². The van der Waals surface area contributed by atoms with Gasteiger partial charge in [-0.15, -0.1) is 0 Å². The van der Waals surface area contributed by atoms with Gasteiger partial charge in [0.15, 0.2) is 0 Å². The van der Waals surface area contributed by atoms with E-state index in [1.807, 2.05) is 0 Å². The standard InChI is InChI=1S/C11H14ClN3/c1-7-5-6-15(7)11-13-9-4-2-3-8(9)10(12)14-11/h7H,2-6H2,1H3/t7-/m0/s1. The summed E-state index contributed by atoms with van der Waals surface area (Å²) in [4.78, 5) is 11.2. The quantitative estimate of drug-likeness (QED) is 0.684. The van der Waals surface area contributed by atoms with E-state index in [2.05, 4.69) is 21.8 Å². The minimum atomic E-state index is 0.570. The molecule has 1 aliphatic carbocycles. The number of halogens is 1. The lowest BCUT2D eigenvalue weighted by atomic mass is 10.1. The van der Waals surface area contributed by atoms with E-state index in [1.165, 1.54) is 24.1 Å². The summed E-state index contributed by atoms with van der Waals surface area (Å²) in [6.45, 7) is 3.27. The van der Waals surface area contributed by atoms with Crippen molar-refractivity contribution in [2.24, 2.45) is 0 Å². The van der Waals surface area contributed by atoms with Crippen LogP contribution in [0.4, 0.5) is 5.95 Å². The third kappa shape index (κ3) is 1.41. The zero-order chi connectivity index (χ0) is 10.4. The van der Waals surface area contributed by atoms with Crippen LogP contribution in [0, 0.1) is 0 Å². The molecule has 0 radical (unpaired) electrons. The molecular weight excluding hydrogens is 210 g/mol. The van der Waals surface area contributed by atoms with E-state index in [0.29, 0.717) is 11.2 Å². The summed E-state index contributed by atoms with van der Waals surface area (Å²) in [7, 11) is 0. The second kappa shape index (κ2) is 3.34. The normalized spacial score (nSPS) is 23.9. The molecule has 4 heteroatoms. The SMILES string of the molecule is C[C@H]1CCN1c1nc(Cl)c2c(n1)CCC2. The highest BCUT2D eigenvalue weighted by atomic mass is 35.5. The van der Waals surface area contributed by atoms with Crippen LogP contribution in [0.1, 0.15) is 31.0 Å². The molecule has 3 rings (SSSR count). The topological polar surface area (TPSA) is 29.0 Å². The Hall–Kier alpha value is -0.830. The Labute approximate surface area is 94.5 Å². The van der Waals surface area contributed by atoms with Crippen molar-refractivity contribution in [3.8, 4) is 0 Å². The summed E-state index contributed by atoms with van der Waals surface area (Å²) >= 11 is 6.17. The van der Waals surface area contributed by atoms with Crippen LogP contribution < -0.4 is 4.90 Å². The van der Waals surface area contributed by atoms with Gasteiger partial charge in [-0.1, -0.05) is 11.6 Å². The molecule has 1 saturated heterocycles. The summed E-state index contributed by atoms with van der Waals surface area (Å²) in [5.74, 6) is 0.833. The van der Waals surface area contributed by atoms with Crippen molar-refractivity contribution < 1.29 is 0 Å². The van der Waals surface area contributed by atoms with E-state index < -0.39 is 0 Å². The molecule has 0 amide bonds. The minimum absolute atomic E-state index is 0.570. The van der Waals surface area contributed by atoms with Crippen molar-refractivity contribution in [2.75, 3.05) is 11.4 Å². The van der Waals surface area contributed by atoms with Crippen LogP contribution in [0.15, 0.2) is 0 Å². The van der Waals surface area contributed by atoms with Crippen LogP contribution in [0.5, 0.6) is 0 Å². The first-order chi connectivity index (χ1) is 7.25. The molecule has 1 fully saturated rings. The molecule has 1 atom stereocenters. The summed E-state index contributed by atoms with van der Waals surface area (Å²) in [5, 5.41) is 0.673. The highest BCUT2D eigenvalue weighted by molar-refractivity contribution is 6.30. The molecule has 1 aromatic heterocycles. The molecule has 2 aliphatic rings. The first-order valence-corrected chi connectivity index (χ1v) is 5.95. The van der Waals surface area contributed by atoms with E-state index in [-0.39, 0.29) is 0 Å². The second-order valence-electron chi connectivity index (χ2n) is 4.42. The monoisotopic (exact) mass is 223 g/mol. The molecule has 0 unspecified atom stereocenters. The molecule has 0 aromatic carbocycles. The van der Waals surface area contributed by atoms with Gasteiger partial charge >= 0.3 is 0 Å². The predicted octanol–water partition coefficient (Wildman–Crippen LogP) is 2.22. The lowest BCUT2D eigenvalue weighted by molar-refractivity contribution is 0.470. The number of nitrogens with zero attached hydrogens (tertiary/aromatic N) is 3. The molecule has 0 saturated carbocycles. The summed E-state index contributed by atoms with van der Waals surface area (Å²) in [6.07, 6.45) is 4.51. The number of hydrogen-bond donors (Lipinski definition) is 0. The molecule has 1 aromatic rings. The summed E-state index contributed by atoms with van der Waals surface area (Å²) < 4.78 is 0. The van der Waals surface area contributed by atoms with Crippen LogP contribution in [0.3, 0.4) is 0 Å². The second-order valence-corrected chi connectivity index (χ2v) is 4.78. The number of hydrogen-bond acceptors (Lipinski definition) is 3. The van der Waals surface area contributed by atoms with E-state index >= 15 is 0 Å². The molecule has 2 heterocycles. The van der Waals surface area contributed by atoms with Gasteiger partial charge in [0.1, 0.15) is 5.15 Å². The van der Waals surface area contributed by atoms with E-state index in [4.69, 9.17) is 11.6 Å². The molecule has 80 valence electrons. The largest absolute Gasteiger partial charge is 0.338 e. The van der Waals surface area contributed by atoms with Gasteiger partial charge in [-0.25, -0.2) is 9.97 Å². The Bertz CT molecular complexity index is 405. The smallest absolute Gasteiger partial charge is 0.227 e. The highest BCUT2D eigenvalue weighted by Crippen LogP contribution is 2.30. The van der Waals surface area contributed by atoms with E-state index in [0.717, 1.165) is 25.3 Å².